The van der Waals surface area contributed by atoms with Crippen molar-refractivity contribution in [1.82, 2.24) is 20.5 Å². The zero-order valence-electron chi connectivity index (χ0n) is 18.6. The maximum atomic E-state index is 5.93. The lowest BCUT2D eigenvalue weighted by atomic mass is 9.94. The van der Waals surface area contributed by atoms with Gasteiger partial charge in [0.2, 0.25) is 5.89 Å². The van der Waals surface area contributed by atoms with Crippen LogP contribution in [0.4, 0.5) is 0 Å². The number of likely N-dealkylation sites (N-methyl/N-ethyl adjacent to an activating group) is 1. The average molecular weight is 402 g/mol. The van der Waals surface area contributed by atoms with Gasteiger partial charge in [0.15, 0.2) is 5.96 Å². The van der Waals surface area contributed by atoms with Gasteiger partial charge in [-0.15, -0.1) is 0 Å². The minimum Gasteiger partial charge on any atom is -0.492 e. The van der Waals surface area contributed by atoms with Crippen molar-refractivity contribution in [1.29, 1.82) is 0 Å². The number of oxazole rings is 1. The van der Waals surface area contributed by atoms with Crippen LogP contribution < -0.4 is 15.4 Å². The molecule has 2 aromatic rings. The van der Waals surface area contributed by atoms with Gasteiger partial charge in [-0.3, -0.25) is 0 Å². The predicted octanol–water partition coefficient (Wildman–Crippen LogP) is 3.17. The number of hydrogen-bond donors (Lipinski definition) is 2. The highest BCUT2D eigenvalue weighted by Gasteiger charge is 2.19. The van der Waals surface area contributed by atoms with Crippen LogP contribution >= 0.6 is 0 Å². The van der Waals surface area contributed by atoms with Crippen molar-refractivity contribution in [3.63, 3.8) is 0 Å². The van der Waals surface area contributed by atoms with Crippen molar-refractivity contribution in [3.05, 3.63) is 47.7 Å². The number of nitrogens with one attached hydrogen (secondary N) is 2. The van der Waals surface area contributed by atoms with Gasteiger partial charge in [0.05, 0.1) is 19.3 Å². The lowest BCUT2D eigenvalue weighted by molar-refractivity contribution is 0.259. The molecule has 2 N–H and O–H groups in total. The molecule has 160 valence electrons. The number of para-hydroxylation sites is 1. The Morgan fingerprint density at radius 2 is 1.97 bits per heavy atom. The Balaban J connectivity index is 1.99. The maximum absolute atomic E-state index is 5.93. The first-order valence-corrected chi connectivity index (χ1v) is 10.1. The van der Waals surface area contributed by atoms with E-state index >= 15 is 0 Å². The van der Waals surface area contributed by atoms with Crippen LogP contribution in [-0.2, 0) is 18.5 Å². The van der Waals surface area contributed by atoms with Crippen LogP contribution in [0.15, 0.2) is 39.9 Å². The molecular weight excluding hydrogens is 366 g/mol. The summed E-state index contributed by atoms with van der Waals surface area (Å²) in [6.45, 7) is 11.6. The number of benzene rings is 1. The van der Waals surface area contributed by atoms with Crippen molar-refractivity contribution < 1.29 is 9.15 Å². The van der Waals surface area contributed by atoms with E-state index < -0.39 is 0 Å². The number of rotatable bonds is 9. The van der Waals surface area contributed by atoms with Crippen LogP contribution in [-0.4, -0.2) is 49.6 Å². The van der Waals surface area contributed by atoms with E-state index in [1.807, 2.05) is 45.3 Å². The van der Waals surface area contributed by atoms with Gasteiger partial charge in [0, 0.05) is 24.1 Å². The van der Waals surface area contributed by atoms with Crippen LogP contribution in [0.2, 0.25) is 0 Å². The largest absolute Gasteiger partial charge is 0.492 e. The Bertz CT molecular complexity index is 778. The Morgan fingerprint density at radius 3 is 2.62 bits per heavy atom. The third-order valence-corrected chi connectivity index (χ3v) is 4.22. The molecule has 0 saturated heterocycles. The minimum atomic E-state index is -0.0554. The SMILES string of the molecule is CCNC(=NCc1ccccc1OCCN(C)C)NCc1ncc(C(C)(C)C)o1. The summed E-state index contributed by atoms with van der Waals surface area (Å²) >= 11 is 0. The number of guanidine groups is 1. The van der Waals surface area contributed by atoms with Crippen molar-refractivity contribution >= 4 is 5.96 Å². The fraction of sp³-hybridized carbons (Fsp3) is 0.545. The van der Waals surface area contributed by atoms with Gasteiger partial charge in [0.25, 0.3) is 0 Å². The maximum Gasteiger partial charge on any atom is 0.213 e. The molecule has 2 rings (SSSR count). The Labute approximate surface area is 174 Å². The molecule has 1 heterocycles. The molecule has 1 aromatic heterocycles. The quantitative estimate of drug-likeness (QED) is 0.497. The van der Waals surface area contributed by atoms with E-state index in [4.69, 9.17) is 14.1 Å². The van der Waals surface area contributed by atoms with E-state index in [-0.39, 0.29) is 5.41 Å². The van der Waals surface area contributed by atoms with Crippen LogP contribution in [0, 0.1) is 0 Å². The zero-order valence-corrected chi connectivity index (χ0v) is 18.6. The summed E-state index contributed by atoms with van der Waals surface area (Å²) in [4.78, 5) is 11.2. The summed E-state index contributed by atoms with van der Waals surface area (Å²) in [5, 5.41) is 6.54. The summed E-state index contributed by atoms with van der Waals surface area (Å²) in [5.74, 6) is 3.11. The van der Waals surface area contributed by atoms with Crippen LogP contribution in [0.3, 0.4) is 0 Å². The number of nitrogens with zero attached hydrogens (tertiary/aromatic N) is 3. The Morgan fingerprint density at radius 1 is 1.21 bits per heavy atom. The van der Waals surface area contributed by atoms with Crippen molar-refractivity contribution in [2.24, 2.45) is 4.99 Å². The van der Waals surface area contributed by atoms with Crippen molar-refractivity contribution in [2.75, 3.05) is 33.8 Å². The topological polar surface area (TPSA) is 74.9 Å². The smallest absolute Gasteiger partial charge is 0.213 e. The normalized spacial score (nSPS) is 12.3. The summed E-state index contributed by atoms with van der Waals surface area (Å²) < 4.78 is 11.8. The first-order valence-electron chi connectivity index (χ1n) is 10.1. The second-order valence-corrected chi connectivity index (χ2v) is 8.18. The Hall–Kier alpha value is -2.54. The second kappa shape index (κ2) is 10.9. The molecule has 0 aliphatic heterocycles. The fourth-order valence-corrected chi connectivity index (χ4v) is 2.52. The minimum absolute atomic E-state index is 0.0554. The molecule has 0 saturated carbocycles. The summed E-state index contributed by atoms with van der Waals surface area (Å²) in [6.07, 6.45) is 1.79. The molecule has 0 unspecified atom stereocenters. The summed E-state index contributed by atoms with van der Waals surface area (Å²) in [6, 6.07) is 8.02. The van der Waals surface area contributed by atoms with Gasteiger partial charge in [-0.1, -0.05) is 39.0 Å². The van der Waals surface area contributed by atoms with Gasteiger partial charge in [-0.25, -0.2) is 9.98 Å². The second-order valence-electron chi connectivity index (χ2n) is 8.18. The van der Waals surface area contributed by atoms with Crippen molar-refractivity contribution in [3.8, 4) is 5.75 Å². The molecular formula is C22H35N5O2. The van der Waals surface area contributed by atoms with Gasteiger partial charge in [0.1, 0.15) is 18.1 Å². The highest BCUT2D eigenvalue weighted by Crippen LogP contribution is 2.22. The van der Waals surface area contributed by atoms with Crippen LogP contribution in [0.25, 0.3) is 0 Å². The molecule has 0 atom stereocenters. The molecule has 0 aliphatic rings. The molecule has 7 heteroatoms. The third-order valence-electron chi connectivity index (χ3n) is 4.22. The van der Waals surface area contributed by atoms with E-state index in [1.54, 1.807) is 6.20 Å². The van der Waals surface area contributed by atoms with Crippen LogP contribution in [0.5, 0.6) is 5.75 Å². The highest BCUT2D eigenvalue weighted by atomic mass is 16.5. The highest BCUT2D eigenvalue weighted by molar-refractivity contribution is 5.79. The van der Waals surface area contributed by atoms with E-state index in [0.717, 1.165) is 30.2 Å². The molecule has 29 heavy (non-hydrogen) atoms. The summed E-state index contributed by atoms with van der Waals surface area (Å²) in [5.41, 5.74) is 0.995. The Kier molecular flexibility index (Phi) is 8.51. The standard InChI is InChI=1S/C22H35N5O2/c1-7-23-21(26-16-20-24-15-19(29-20)22(2,3)4)25-14-17-10-8-9-11-18(17)28-13-12-27(5)6/h8-11,15H,7,12-14,16H2,1-6H3,(H2,23,25,26). The first-order chi connectivity index (χ1) is 13.8. The first kappa shape index (κ1) is 22.7. The predicted molar refractivity (Wildman–Crippen MR) is 117 cm³/mol. The molecule has 0 bridgehead atoms. The fourth-order valence-electron chi connectivity index (χ4n) is 2.52. The number of aliphatic imine (C=N–C) groups is 1. The van der Waals surface area contributed by atoms with Crippen molar-refractivity contribution in [2.45, 2.75) is 46.2 Å². The lowest BCUT2D eigenvalue weighted by Gasteiger charge is -2.14. The summed E-state index contributed by atoms with van der Waals surface area (Å²) in [7, 11) is 4.07. The third kappa shape index (κ3) is 7.77. The number of aromatic nitrogens is 1. The van der Waals surface area contributed by atoms with Gasteiger partial charge >= 0.3 is 0 Å². The molecule has 7 nitrogen and oxygen atoms in total. The molecule has 0 radical (unpaired) electrons. The van der Waals surface area contributed by atoms with Crippen LogP contribution in [0.1, 0.15) is 44.9 Å². The molecule has 0 fully saturated rings. The van der Waals surface area contributed by atoms with Gasteiger partial charge in [-0.2, -0.15) is 0 Å². The zero-order chi connectivity index (χ0) is 21.3. The molecule has 0 amide bonds. The van der Waals surface area contributed by atoms with E-state index in [2.05, 4.69) is 41.3 Å². The number of ether oxygens (including phenoxy) is 1. The monoisotopic (exact) mass is 401 g/mol. The average Bonchev–Trinajstić information content (AvgIpc) is 3.14. The van der Waals surface area contributed by atoms with Gasteiger partial charge in [-0.05, 0) is 27.1 Å². The van der Waals surface area contributed by atoms with E-state index in [9.17, 15) is 0 Å². The van der Waals surface area contributed by atoms with E-state index in [0.29, 0.717) is 31.5 Å². The van der Waals surface area contributed by atoms with E-state index in [1.165, 1.54) is 0 Å². The molecule has 0 spiro atoms. The molecule has 1 aromatic carbocycles. The lowest BCUT2D eigenvalue weighted by Crippen LogP contribution is -2.36. The van der Waals surface area contributed by atoms with Gasteiger partial charge < -0.3 is 24.7 Å². The number of hydrogen-bond acceptors (Lipinski definition) is 5. The molecule has 0 aliphatic carbocycles.